The summed E-state index contributed by atoms with van der Waals surface area (Å²) in [6.45, 7) is 3.79. The third-order valence-electron chi connectivity index (χ3n) is 3.97. The van der Waals surface area contributed by atoms with E-state index in [1.165, 1.54) is 24.6 Å². The van der Waals surface area contributed by atoms with Gasteiger partial charge in [0.2, 0.25) is 11.1 Å². The fraction of sp³-hybridized carbons (Fsp3) is 0.500. The minimum absolute atomic E-state index is 0.177. The van der Waals surface area contributed by atoms with Gasteiger partial charge in [-0.2, -0.15) is 4.68 Å². The number of rotatable bonds is 4. The first-order valence-electron chi connectivity index (χ1n) is 8.00. The number of hydrogen-bond donors (Lipinski definition) is 0. The van der Waals surface area contributed by atoms with E-state index in [9.17, 15) is 4.79 Å². The van der Waals surface area contributed by atoms with Gasteiger partial charge in [-0.3, -0.25) is 4.79 Å². The average molecular weight is 331 g/mol. The monoisotopic (exact) mass is 331 g/mol. The van der Waals surface area contributed by atoms with Gasteiger partial charge >= 0.3 is 0 Å². The van der Waals surface area contributed by atoms with Crippen molar-refractivity contribution in [3.05, 3.63) is 29.8 Å². The fourth-order valence-electron chi connectivity index (χ4n) is 2.73. The highest BCUT2D eigenvalue weighted by Crippen LogP contribution is 2.20. The van der Waals surface area contributed by atoms with Crippen LogP contribution in [0, 0.1) is 6.92 Å². The van der Waals surface area contributed by atoms with Crippen LogP contribution in [0.2, 0.25) is 0 Å². The molecule has 0 unspecified atom stereocenters. The number of nitrogens with zero attached hydrogens (tertiary/aromatic N) is 5. The van der Waals surface area contributed by atoms with Gasteiger partial charge in [-0.15, -0.1) is 5.10 Å². The van der Waals surface area contributed by atoms with Gasteiger partial charge in [0.05, 0.1) is 11.4 Å². The second-order valence-corrected chi connectivity index (χ2v) is 6.74. The molecular formula is C16H21N5OS. The van der Waals surface area contributed by atoms with E-state index >= 15 is 0 Å². The van der Waals surface area contributed by atoms with Crippen LogP contribution in [0.15, 0.2) is 29.4 Å². The first-order chi connectivity index (χ1) is 11.2. The molecular weight excluding hydrogens is 310 g/mol. The summed E-state index contributed by atoms with van der Waals surface area (Å²) in [5, 5.41) is 12.5. The number of aryl methyl sites for hydroxylation is 1. The van der Waals surface area contributed by atoms with Crippen LogP contribution in [0.5, 0.6) is 0 Å². The van der Waals surface area contributed by atoms with Crippen molar-refractivity contribution >= 4 is 17.7 Å². The summed E-state index contributed by atoms with van der Waals surface area (Å²) < 4.78 is 1.69. The van der Waals surface area contributed by atoms with Crippen molar-refractivity contribution in [3.63, 3.8) is 0 Å². The molecule has 1 aliphatic heterocycles. The maximum absolute atomic E-state index is 12.4. The van der Waals surface area contributed by atoms with Gasteiger partial charge in [0.15, 0.2) is 0 Å². The minimum Gasteiger partial charge on any atom is -0.342 e. The molecule has 1 aliphatic rings. The molecule has 2 heterocycles. The van der Waals surface area contributed by atoms with E-state index in [1.54, 1.807) is 4.68 Å². The number of hydrogen-bond acceptors (Lipinski definition) is 5. The van der Waals surface area contributed by atoms with Gasteiger partial charge in [0.25, 0.3) is 0 Å². The molecule has 0 N–H and O–H groups in total. The maximum Gasteiger partial charge on any atom is 0.233 e. The van der Waals surface area contributed by atoms with Crippen LogP contribution in [0.1, 0.15) is 31.2 Å². The van der Waals surface area contributed by atoms with Crippen LogP contribution >= 0.6 is 11.8 Å². The number of likely N-dealkylation sites (tertiary alicyclic amines) is 1. The van der Waals surface area contributed by atoms with Gasteiger partial charge in [0, 0.05) is 13.1 Å². The molecule has 6 nitrogen and oxygen atoms in total. The third kappa shape index (κ3) is 4.10. The van der Waals surface area contributed by atoms with E-state index in [0.29, 0.717) is 10.9 Å². The summed E-state index contributed by atoms with van der Waals surface area (Å²) in [5.41, 5.74) is 2.06. The number of carbonyl (C=O) groups is 1. The van der Waals surface area contributed by atoms with Crippen molar-refractivity contribution in [2.24, 2.45) is 0 Å². The Morgan fingerprint density at radius 3 is 2.74 bits per heavy atom. The molecule has 0 atom stereocenters. The lowest BCUT2D eigenvalue weighted by atomic mass is 10.2. The van der Waals surface area contributed by atoms with Crippen LogP contribution in [0.25, 0.3) is 5.69 Å². The van der Waals surface area contributed by atoms with Gasteiger partial charge in [-0.25, -0.2) is 0 Å². The number of thioether (sulfide) groups is 1. The summed E-state index contributed by atoms with van der Waals surface area (Å²) in [6, 6.07) is 7.99. The molecule has 0 spiro atoms. The van der Waals surface area contributed by atoms with E-state index in [2.05, 4.69) is 15.5 Å². The molecule has 1 saturated heterocycles. The lowest BCUT2D eigenvalue weighted by molar-refractivity contribution is -0.128. The zero-order chi connectivity index (χ0) is 16.1. The van der Waals surface area contributed by atoms with Crippen molar-refractivity contribution in [2.75, 3.05) is 18.8 Å². The largest absolute Gasteiger partial charge is 0.342 e. The molecule has 23 heavy (non-hydrogen) atoms. The highest BCUT2D eigenvalue weighted by Gasteiger charge is 2.17. The van der Waals surface area contributed by atoms with E-state index in [0.717, 1.165) is 37.2 Å². The number of carbonyl (C=O) groups excluding carboxylic acids is 1. The van der Waals surface area contributed by atoms with E-state index < -0.39 is 0 Å². The Balaban J connectivity index is 1.65. The summed E-state index contributed by atoms with van der Waals surface area (Å²) in [4.78, 5) is 14.3. The van der Waals surface area contributed by atoms with Crippen molar-refractivity contribution in [3.8, 4) is 5.69 Å². The summed E-state index contributed by atoms with van der Waals surface area (Å²) >= 11 is 1.40. The SMILES string of the molecule is Cc1cccc(-n2nnnc2SCC(=O)N2CCCCCC2)c1. The zero-order valence-corrected chi connectivity index (χ0v) is 14.1. The Hall–Kier alpha value is -1.89. The summed E-state index contributed by atoms with van der Waals surface area (Å²) in [7, 11) is 0. The molecule has 1 amide bonds. The van der Waals surface area contributed by atoms with Gasteiger partial charge < -0.3 is 4.90 Å². The van der Waals surface area contributed by atoms with Gasteiger partial charge in [-0.1, -0.05) is 36.7 Å². The smallest absolute Gasteiger partial charge is 0.233 e. The molecule has 0 bridgehead atoms. The van der Waals surface area contributed by atoms with Crippen molar-refractivity contribution in [2.45, 2.75) is 37.8 Å². The molecule has 0 aliphatic carbocycles. The van der Waals surface area contributed by atoms with Gasteiger partial charge in [-0.05, 0) is 47.9 Å². The lowest BCUT2D eigenvalue weighted by Crippen LogP contribution is -2.33. The second kappa shape index (κ2) is 7.59. The van der Waals surface area contributed by atoms with Crippen molar-refractivity contribution < 1.29 is 4.79 Å². The highest BCUT2D eigenvalue weighted by atomic mass is 32.2. The standard InChI is InChI=1S/C16H21N5OS/c1-13-7-6-8-14(11-13)21-16(17-18-19-21)23-12-15(22)20-9-4-2-3-5-10-20/h6-8,11H,2-5,9-10,12H2,1H3. The molecule has 1 fully saturated rings. The van der Waals surface area contributed by atoms with E-state index in [-0.39, 0.29) is 5.91 Å². The first kappa shape index (κ1) is 16.0. The molecule has 3 rings (SSSR count). The highest BCUT2D eigenvalue weighted by molar-refractivity contribution is 7.99. The average Bonchev–Trinajstić information content (AvgIpc) is 2.85. The third-order valence-corrected chi connectivity index (χ3v) is 4.87. The molecule has 1 aromatic carbocycles. The minimum atomic E-state index is 0.177. The molecule has 2 aromatic rings. The maximum atomic E-state index is 12.4. The van der Waals surface area contributed by atoms with Crippen LogP contribution in [-0.4, -0.2) is 49.9 Å². The zero-order valence-electron chi connectivity index (χ0n) is 13.3. The predicted molar refractivity (Wildman–Crippen MR) is 89.7 cm³/mol. The van der Waals surface area contributed by atoms with Crippen LogP contribution in [0.4, 0.5) is 0 Å². The predicted octanol–water partition coefficient (Wildman–Crippen LogP) is 2.47. The van der Waals surface area contributed by atoms with Crippen LogP contribution in [-0.2, 0) is 4.79 Å². The Bertz CT molecular complexity index is 664. The van der Waals surface area contributed by atoms with Crippen LogP contribution in [0.3, 0.4) is 0 Å². The topological polar surface area (TPSA) is 63.9 Å². The Morgan fingerprint density at radius 1 is 1.22 bits per heavy atom. The normalized spacial score (nSPS) is 15.4. The number of tetrazole rings is 1. The molecule has 0 saturated carbocycles. The number of benzene rings is 1. The first-order valence-corrected chi connectivity index (χ1v) is 8.98. The van der Waals surface area contributed by atoms with Crippen LogP contribution < -0.4 is 0 Å². The quantitative estimate of drug-likeness (QED) is 0.805. The fourth-order valence-corrected chi connectivity index (χ4v) is 3.52. The Morgan fingerprint density at radius 2 is 2.00 bits per heavy atom. The van der Waals surface area contributed by atoms with E-state index in [1.807, 2.05) is 36.1 Å². The molecule has 1 aromatic heterocycles. The lowest BCUT2D eigenvalue weighted by Gasteiger charge is -2.19. The molecule has 122 valence electrons. The Labute approximate surface area is 140 Å². The number of aromatic nitrogens is 4. The van der Waals surface area contributed by atoms with Crippen molar-refractivity contribution in [1.82, 2.24) is 25.1 Å². The van der Waals surface area contributed by atoms with Crippen molar-refractivity contribution in [1.29, 1.82) is 0 Å². The molecule has 7 heteroatoms. The summed E-state index contributed by atoms with van der Waals surface area (Å²) in [6.07, 6.45) is 4.67. The van der Waals surface area contributed by atoms with E-state index in [4.69, 9.17) is 0 Å². The second-order valence-electron chi connectivity index (χ2n) is 5.80. The van der Waals surface area contributed by atoms with Gasteiger partial charge in [0.1, 0.15) is 0 Å². The molecule has 0 radical (unpaired) electrons. The summed E-state index contributed by atoms with van der Waals surface area (Å²) in [5.74, 6) is 0.558. The Kier molecular flexibility index (Phi) is 5.27. The number of amides is 1.